The fourth-order valence-corrected chi connectivity index (χ4v) is 3.09. The van der Waals surface area contributed by atoms with E-state index in [4.69, 9.17) is 0 Å². The van der Waals surface area contributed by atoms with Crippen LogP contribution >= 0.6 is 0 Å². The number of aromatic nitrogens is 2. The van der Waals surface area contributed by atoms with E-state index in [1.807, 2.05) is 54.6 Å². The molecule has 0 bridgehead atoms. The summed E-state index contributed by atoms with van der Waals surface area (Å²) < 4.78 is 1.57. The van der Waals surface area contributed by atoms with Gasteiger partial charge in [0.15, 0.2) is 0 Å². The topological polar surface area (TPSA) is 64.0 Å². The van der Waals surface area contributed by atoms with Crippen molar-refractivity contribution >= 4 is 16.9 Å². The Morgan fingerprint density at radius 1 is 1.12 bits per heavy atom. The molecule has 1 amide bonds. The molecule has 1 N–H and O–H groups in total. The zero-order valence-corrected chi connectivity index (χ0v) is 14.0. The molecule has 1 aliphatic carbocycles. The fraction of sp³-hybridized carbons (Fsp3) is 0.250. The molecule has 1 fully saturated rings. The van der Waals surface area contributed by atoms with E-state index in [0.717, 1.165) is 18.4 Å². The molecule has 3 aromatic rings. The Labute approximate surface area is 145 Å². The largest absolute Gasteiger partial charge is 0.351 e. The summed E-state index contributed by atoms with van der Waals surface area (Å²) in [5.41, 5.74) is 2.31. The van der Waals surface area contributed by atoms with Crippen molar-refractivity contribution in [1.82, 2.24) is 14.9 Å². The van der Waals surface area contributed by atoms with Gasteiger partial charge in [-0.05, 0) is 37.5 Å². The third-order valence-electron chi connectivity index (χ3n) is 4.50. The number of nitrogens with zero attached hydrogens (tertiary/aromatic N) is 2. The lowest BCUT2D eigenvalue weighted by Crippen LogP contribution is -2.39. The molecule has 1 saturated carbocycles. The van der Waals surface area contributed by atoms with Gasteiger partial charge in [0, 0.05) is 6.04 Å². The Morgan fingerprint density at radius 3 is 2.52 bits per heavy atom. The molecule has 126 valence electrons. The van der Waals surface area contributed by atoms with Crippen molar-refractivity contribution < 1.29 is 4.79 Å². The molecule has 4 rings (SSSR count). The Kier molecular flexibility index (Phi) is 3.84. The summed E-state index contributed by atoms with van der Waals surface area (Å²) in [5.74, 6) is -0.147. The first-order valence-electron chi connectivity index (χ1n) is 8.48. The van der Waals surface area contributed by atoms with Crippen molar-refractivity contribution in [3.63, 3.8) is 0 Å². The van der Waals surface area contributed by atoms with Gasteiger partial charge in [-0.3, -0.25) is 14.2 Å². The third kappa shape index (κ3) is 2.93. The van der Waals surface area contributed by atoms with Gasteiger partial charge in [-0.1, -0.05) is 42.5 Å². The van der Waals surface area contributed by atoms with E-state index in [1.165, 1.54) is 0 Å². The number of aryl methyl sites for hydroxylation is 1. The van der Waals surface area contributed by atoms with E-state index in [9.17, 15) is 9.59 Å². The lowest BCUT2D eigenvalue weighted by atomic mass is 10.0. The Balaban J connectivity index is 1.96. The highest BCUT2D eigenvalue weighted by molar-refractivity contribution is 5.86. The number of benzene rings is 2. The van der Waals surface area contributed by atoms with E-state index in [0.29, 0.717) is 16.7 Å². The van der Waals surface area contributed by atoms with Crippen LogP contribution in [0.2, 0.25) is 0 Å². The monoisotopic (exact) mass is 333 g/mol. The van der Waals surface area contributed by atoms with Gasteiger partial charge in [-0.25, -0.2) is 4.98 Å². The first-order chi connectivity index (χ1) is 12.1. The standard InChI is InChI=1S/C20H19N3O2/c1-13-20(25)23(17-10-6-5-9-16(17)21-13)18(14-7-3-2-4-8-14)19(24)22-15-11-12-15/h2-10,15,18H,11-12H2,1H3,(H,22,24). The van der Waals surface area contributed by atoms with Gasteiger partial charge < -0.3 is 5.32 Å². The number of para-hydroxylation sites is 2. The van der Waals surface area contributed by atoms with Crippen LogP contribution in [-0.4, -0.2) is 21.5 Å². The van der Waals surface area contributed by atoms with Gasteiger partial charge in [-0.2, -0.15) is 0 Å². The van der Waals surface area contributed by atoms with Gasteiger partial charge in [0.25, 0.3) is 5.56 Å². The van der Waals surface area contributed by atoms with Gasteiger partial charge in [0.1, 0.15) is 11.7 Å². The second-order valence-electron chi connectivity index (χ2n) is 6.46. The molecule has 0 saturated heterocycles. The van der Waals surface area contributed by atoms with Crippen molar-refractivity contribution in [1.29, 1.82) is 0 Å². The zero-order chi connectivity index (χ0) is 17.4. The van der Waals surface area contributed by atoms with Crippen molar-refractivity contribution in [3.05, 3.63) is 76.2 Å². The summed E-state index contributed by atoms with van der Waals surface area (Å²) in [5, 5.41) is 3.04. The van der Waals surface area contributed by atoms with Crippen molar-refractivity contribution in [2.45, 2.75) is 31.8 Å². The molecule has 25 heavy (non-hydrogen) atoms. The van der Waals surface area contributed by atoms with Crippen LogP contribution in [0.25, 0.3) is 11.0 Å². The molecular formula is C20H19N3O2. The van der Waals surface area contributed by atoms with Crippen molar-refractivity contribution in [3.8, 4) is 0 Å². The molecule has 0 radical (unpaired) electrons. The fourth-order valence-electron chi connectivity index (χ4n) is 3.09. The molecule has 5 nitrogen and oxygen atoms in total. The maximum atomic E-state index is 13.0. The number of carbonyl (C=O) groups excluding carboxylic acids is 1. The van der Waals surface area contributed by atoms with Crippen LogP contribution in [0, 0.1) is 6.92 Å². The maximum absolute atomic E-state index is 13.0. The molecule has 1 atom stereocenters. The van der Waals surface area contributed by atoms with E-state index < -0.39 is 6.04 Å². The van der Waals surface area contributed by atoms with Gasteiger partial charge in [0.2, 0.25) is 5.91 Å². The SMILES string of the molecule is Cc1nc2ccccc2n(C(C(=O)NC2CC2)c2ccccc2)c1=O. The number of fused-ring (bicyclic) bond motifs is 1. The van der Waals surface area contributed by atoms with Gasteiger partial charge >= 0.3 is 0 Å². The Bertz CT molecular complexity index is 991. The smallest absolute Gasteiger partial charge is 0.273 e. The van der Waals surface area contributed by atoms with E-state index in [1.54, 1.807) is 11.5 Å². The van der Waals surface area contributed by atoms with Crippen LogP contribution in [-0.2, 0) is 4.79 Å². The van der Waals surface area contributed by atoms with E-state index in [2.05, 4.69) is 10.3 Å². The van der Waals surface area contributed by atoms with Crippen molar-refractivity contribution in [2.24, 2.45) is 0 Å². The number of amides is 1. The number of hydrogen-bond acceptors (Lipinski definition) is 3. The highest BCUT2D eigenvalue weighted by atomic mass is 16.2. The predicted octanol–water partition coefficient (Wildman–Crippen LogP) is 2.57. The lowest BCUT2D eigenvalue weighted by Gasteiger charge is -2.22. The minimum absolute atomic E-state index is 0.147. The van der Waals surface area contributed by atoms with Crippen LogP contribution in [0.3, 0.4) is 0 Å². The zero-order valence-electron chi connectivity index (χ0n) is 14.0. The highest BCUT2D eigenvalue weighted by Crippen LogP contribution is 2.25. The third-order valence-corrected chi connectivity index (χ3v) is 4.50. The summed E-state index contributed by atoms with van der Waals surface area (Å²) in [6.45, 7) is 1.69. The molecule has 0 spiro atoms. The molecule has 1 heterocycles. The van der Waals surface area contributed by atoms with Gasteiger partial charge in [0.05, 0.1) is 11.0 Å². The van der Waals surface area contributed by atoms with Crippen LogP contribution in [0.1, 0.15) is 30.1 Å². The highest BCUT2D eigenvalue weighted by Gasteiger charge is 2.31. The number of carbonyl (C=O) groups is 1. The number of nitrogens with one attached hydrogen (secondary N) is 1. The van der Waals surface area contributed by atoms with Crippen LogP contribution < -0.4 is 10.9 Å². The Hall–Kier alpha value is -2.95. The van der Waals surface area contributed by atoms with Crippen LogP contribution in [0.5, 0.6) is 0 Å². The van der Waals surface area contributed by atoms with Crippen LogP contribution in [0.15, 0.2) is 59.4 Å². The maximum Gasteiger partial charge on any atom is 0.273 e. The molecule has 0 aliphatic heterocycles. The van der Waals surface area contributed by atoms with E-state index >= 15 is 0 Å². The van der Waals surface area contributed by atoms with Crippen LogP contribution in [0.4, 0.5) is 0 Å². The number of hydrogen-bond donors (Lipinski definition) is 1. The molecule has 2 aromatic carbocycles. The first-order valence-corrected chi connectivity index (χ1v) is 8.48. The molecule has 1 unspecified atom stereocenters. The number of rotatable bonds is 4. The first kappa shape index (κ1) is 15.6. The summed E-state index contributed by atoms with van der Waals surface area (Å²) in [6, 6.07) is 16.4. The Morgan fingerprint density at radius 2 is 1.80 bits per heavy atom. The molecule has 5 heteroatoms. The molecule has 1 aromatic heterocycles. The molecular weight excluding hydrogens is 314 g/mol. The molecule has 1 aliphatic rings. The summed E-state index contributed by atoms with van der Waals surface area (Å²) in [4.78, 5) is 30.3. The summed E-state index contributed by atoms with van der Waals surface area (Å²) >= 11 is 0. The normalized spacial score (nSPS) is 15.1. The lowest BCUT2D eigenvalue weighted by molar-refractivity contribution is -0.123. The average molecular weight is 333 g/mol. The predicted molar refractivity (Wildman–Crippen MR) is 96.5 cm³/mol. The quantitative estimate of drug-likeness (QED) is 0.798. The average Bonchev–Trinajstić information content (AvgIpc) is 3.43. The summed E-state index contributed by atoms with van der Waals surface area (Å²) in [7, 11) is 0. The minimum Gasteiger partial charge on any atom is -0.351 e. The second kappa shape index (κ2) is 6.16. The van der Waals surface area contributed by atoms with Gasteiger partial charge in [-0.15, -0.1) is 0 Å². The van der Waals surface area contributed by atoms with Crippen molar-refractivity contribution in [2.75, 3.05) is 0 Å². The van der Waals surface area contributed by atoms with E-state index in [-0.39, 0.29) is 17.5 Å². The second-order valence-corrected chi connectivity index (χ2v) is 6.46. The summed E-state index contributed by atoms with van der Waals surface area (Å²) in [6.07, 6.45) is 2.00. The minimum atomic E-state index is -0.708.